The van der Waals surface area contributed by atoms with Crippen LogP contribution in [0.5, 0.6) is 0 Å². The lowest BCUT2D eigenvalue weighted by molar-refractivity contribution is 0.271. The van der Waals surface area contributed by atoms with Gasteiger partial charge in [0.15, 0.2) is 0 Å². The maximum atomic E-state index is 13.0. The fourth-order valence-corrected chi connectivity index (χ4v) is 4.98. The SMILES string of the molecule is Cl.O=S(=O)(c1cc(Cl)cc(Cl)c1)N1CCNCC1c1cccnc1. The molecule has 1 atom stereocenters. The molecule has 0 spiro atoms. The van der Waals surface area contributed by atoms with Crippen molar-refractivity contribution in [2.75, 3.05) is 19.6 Å². The van der Waals surface area contributed by atoms with Crippen LogP contribution in [0.3, 0.4) is 0 Å². The predicted molar refractivity (Wildman–Crippen MR) is 97.4 cm³/mol. The van der Waals surface area contributed by atoms with Gasteiger partial charge in [-0.2, -0.15) is 4.31 Å². The lowest BCUT2D eigenvalue weighted by Gasteiger charge is -2.35. The minimum atomic E-state index is -3.71. The van der Waals surface area contributed by atoms with Gasteiger partial charge < -0.3 is 5.32 Å². The Morgan fingerprint density at radius 1 is 1.21 bits per heavy atom. The highest BCUT2D eigenvalue weighted by atomic mass is 35.5. The van der Waals surface area contributed by atoms with Crippen LogP contribution in [0.1, 0.15) is 11.6 Å². The Hall–Kier alpha value is -0.890. The first-order valence-electron chi connectivity index (χ1n) is 7.07. The lowest BCUT2D eigenvalue weighted by Crippen LogP contribution is -2.48. The third-order valence-corrected chi connectivity index (χ3v) is 6.03. The Balaban J connectivity index is 0.00000208. The topological polar surface area (TPSA) is 62.3 Å². The van der Waals surface area contributed by atoms with Gasteiger partial charge in [-0.1, -0.05) is 29.3 Å². The zero-order chi connectivity index (χ0) is 16.4. The maximum absolute atomic E-state index is 13.0. The highest BCUT2D eigenvalue weighted by Gasteiger charge is 2.34. The first kappa shape index (κ1) is 19.4. The van der Waals surface area contributed by atoms with E-state index in [9.17, 15) is 8.42 Å². The molecule has 5 nitrogen and oxygen atoms in total. The molecule has 1 aliphatic heterocycles. The largest absolute Gasteiger partial charge is 0.313 e. The summed E-state index contributed by atoms with van der Waals surface area (Å²) >= 11 is 11.9. The van der Waals surface area contributed by atoms with E-state index < -0.39 is 10.0 Å². The monoisotopic (exact) mass is 407 g/mol. The van der Waals surface area contributed by atoms with E-state index in [1.165, 1.54) is 22.5 Å². The molecule has 0 amide bonds. The summed E-state index contributed by atoms with van der Waals surface area (Å²) in [5, 5.41) is 3.81. The first-order chi connectivity index (χ1) is 11.0. The normalized spacial score (nSPS) is 18.8. The molecule has 1 fully saturated rings. The van der Waals surface area contributed by atoms with Crippen molar-refractivity contribution in [2.24, 2.45) is 0 Å². The number of sulfonamides is 1. The van der Waals surface area contributed by atoms with Crippen LogP contribution in [0, 0.1) is 0 Å². The van der Waals surface area contributed by atoms with Gasteiger partial charge >= 0.3 is 0 Å². The van der Waals surface area contributed by atoms with Crippen molar-refractivity contribution in [3.63, 3.8) is 0 Å². The molecule has 130 valence electrons. The van der Waals surface area contributed by atoms with Gasteiger partial charge in [0.25, 0.3) is 0 Å². The fraction of sp³-hybridized carbons (Fsp3) is 0.267. The molecule has 1 saturated heterocycles. The second-order valence-electron chi connectivity index (χ2n) is 5.23. The second-order valence-corrected chi connectivity index (χ2v) is 7.99. The van der Waals surface area contributed by atoms with Gasteiger partial charge in [0, 0.05) is 42.1 Å². The molecule has 1 aromatic heterocycles. The molecular weight excluding hydrogens is 393 g/mol. The van der Waals surface area contributed by atoms with E-state index in [1.807, 2.05) is 6.07 Å². The van der Waals surface area contributed by atoms with Gasteiger partial charge in [0.2, 0.25) is 10.0 Å². The number of nitrogens with one attached hydrogen (secondary N) is 1. The summed E-state index contributed by atoms with van der Waals surface area (Å²) in [5.74, 6) is 0. The third kappa shape index (κ3) is 4.02. The van der Waals surface area contributed by atoms with Crippen molar-refractivity contribution in [1.82, 2.24) is 14.6 Å². The molecular formula is C15H16Cl3N3O2S. The summed E-state index contributed by atoms with van der Waals surface area (Å²) in [6.45, 7) is 1.48. The number of rotatable bonds is 3. The van der Waals surface area contributed by atoms with E-state index in [0.717, 1.165) is 5.56 Å². The Labute approximate surface area is 157 Å². The van der Waals surface area contributed by atoms with Crippen LogP contribution < -0.4 is 5.32 Å². The van der Waals surface area contributed by atoms with E-state index in [4.69, 9.17) is 23.2 Å². The molecule has 1 N–H and O–H groups in total. The number of hydrogen-bond donors (Lipinski definition) is 1. The van der Waals surface area contributed by atoms with E-state index >= 15 is 0 Å². The van der Waals surface area contributed by atoms with Crippen molar-refractivity contribution in [1.29, 1.82) is 0 Å². The molecule has 0 bridgehead atoms. The average molecular weight is 409 g/mol. The van der Waals surface area contributed by atoms with Gasteiger partial charge in [0.1, 0.15) is 0 Å². The minimum absolute atomic E-state index is 0. The number of piperazine rings is 1. The van der Waals surface area contributed by atoms with Crippen molar-refractivity contribution in [2.45, 2.75) is 10.9 Å². The van der Waals surface area contributed by atoms with Crippen LogP contribution in [-0.4, -0.2) is 37.3 Å². The summed E-state index contributed by atoms with van der Waals surface area (Å²) in [7, 11) is -3.71. The second kappa shape index (κ2) is 7.99. The summed E-state index contributed by atoms with van der Waals surface area (Å²) in [5.41, 5.74) is 0.844. The van der Waals surface area contributed by atoms with Crippen LogP contribution in [0.2, 0.25) is 10.0 Å². The van der Waals surface area contributed by atoms with Crippen LogP contribution in [-0.2, 0) is 10.0 Å². The molecule has 0 radical (unpaired) electrons. The van der Waals surface area contributed by atoms with Crippen molar-refractivity contribution in [3.05, 3.63) is 58.3 Å². The van der Waals surface area contributed by atoms with Crippen LogP contribution in [0.15, 0.2) is 47.6 Å². The zero-order valence-electron chi connectivity index (χ0n) is 12.5. The van der Waals surface area contributed by atoms with Crippen molar-refractivity contribution in [3.8, 4) is 0 Å². The van der Waals surface area contributed by atoms with E-state index in [2.05, 4.69) is 10.3 Å². The standard InChI is InChI=1S/C15H15Cl2N3O2S.ClH/c16-12-6-13(17)8-14(7-12)23(21,22)20-5-4-19-10-15(20)11-2-1-3-18-9-11;/h1-3,6-9,15,19H,4-5,10H2;1H. The van der Waals surface area contributed by atoms with Gasteiger partial charge in [0.05, 0.1) is 10.9 Å². The van der Waals surface area contributed by atoms with E-state index in [1.54, 1.807) is 18.5 Å². The molecule has 9 heteroatoms. The molecule has 24 heavy (non-hydrogen) atoms. The number of halogens is 3. The number of nitrogens with zero attached hydrogens (tertiary/aromatic N) is 2. The Kier molecular flexibility index (Phi) is 6.47. The summed E-state index contributed by atoms with van der Waals surface area (Å²) in [6.07, 6.45) is 3.35. The number of aromatic nitrogens is 1. The quantitative estimate of drug-likeness (QED) is 0.847. The first-order valence-corrected chi connectivity index (χ1v) is 9.26. The van der Waals surface area contributed by atoms with Crippen LogP contribution in [0.25, 0.3) is 0 Å². The molecule has 2 heterocycles. The number of benzene rings is 1. The van der Waals surface area contributed by atoms with E-state index in [-0.39, 0.29) is 23.3 Å². The number of hydrogen-bond acceptors (Lipinski definition) is 4. The lowest BCUT2D eigenvalue weighted by atomic mass is 10.1. The van der Waals surface area contributed by atoms with E-state index in [0.29, 0.717) is 29.7 Å². The molecule has 1 unspecified atom stereocenters. The highest BCUT2D eigenvalue weighted by molar-refractivity contribution is 7.89. The van der Waals surface area contributed by atoms with Gasteiger partial charge in [-0.3, -0.25) is 4.98 Å². The predicted octanol–water partition coefficient (Wildman–Crippen LogP) is 3.15. The Bertz CT molecular complexity index is 783. The van der Waals surface area contributed by atoms with Crippen LogP contribution >= 0.6 is 35.6 Å². The van der Waals surface area contributed by atoms with Crippen molar-refractivity contribution < 1.29 is 8.42 Å². The van der Waals surface area contributed by atoms with Crippen LogP contribution in [0.4, 0.5) is 0 Å². The van der Waals surface area contributed by atoms with Gasteiger partial charge in [-0.25, -0.2) is 8.42 Å². The fourth-order valence-electron chi connectivity index (χ4n) is 2.64. The minimum Gasteiger partial charge on any atom is -0.313 e. The number of pyridine rings is 1. The summed E-state index contributed by atoms with van der Waals surface area (Å²) in [6, 6.07) is 7.71. The third-order valence-electron chi connectivity index (χ3n) is 3.71. The Morgan fingerprint density at radius 2 is 1.92 bits per heavy atom. The highest BCUT2D eigenvalue weighted by Crippen LogP contribution is 2.31. The van der Waals surface area contributed by atoms with Gasteiger partial charge in [-0.05, 0) is 29.8 Å². The molecule has 2 aromatic rings. The molecule has 1 aliphatic rings. The molecule has 0 aliphatic carbocycles. The Morgan fingerprint density at radius 3 is 2.54 bits per heavy atom. The average Bonchev–Trinajstić information content (AvgIpc) is 2.55. The van der Waals surface area contributed by atoms with Crippen molar-refractivity contribution >= 4 is 45.6 Å². The molecule has 1 aromatic carbocycles. The molecule has 3 rings (SSSR count). The smallest absolute Gasteiger partial charge is 0.243 e. The van der Waals surface area contributed by atoms with Gasteiger partial charge in [-0.15, -0.1) is 12.4 Å². The summed E-state index contributed by atoms with van der Waals surface area (Å²) < 4.78 is 27.5. The maximum Gasteiger partial charge on any atom is 0.243 e. The molecule has 0 saturated carbocycles. The zero-order valence-corrected chi connectivity index (χ0v) is 15.7. The summed E-state index contributed by atoms with van der Waals surface area (Å²) in [4.78, 5) is 4.19.